The van der Waals surface area contributed by atoms with E-state index in [9.17, 15) is 8.42 Å². The van der Waals surface area contributed by atoms with Crippen LogP contribution in [-0.2, 0) is 10.0 Å². The van der Waals surface area contributed by atoms with Crippen molar-refractivity contribution in [3.05, 3.63) is 44.6 Å². The highest BCUT2D eigenvalue weighted by atomic mass is 79.9. The molecule has 0 amide bonds. The smallest absolute Gasteiger partial charge is 0.263 e. The Hall–Kier alpha value is -0.890. The minimum absolute atomic E-state index is 0.228. The predicted octanol–water partition coefficient (Wildman–Crippen LogP) is 3.90. The number of rotatable bonds is 5. The number of aryl methyl sites for hydroxylation is 1. The Labute approximate surface area is 137 Å². The van der Waals surface area contributed by atoms with Gasteiger partial charge in [-0.3, -0.25) is 4.72 Å². The van der Waals surface area contributed by atoms with Gasteiger partial charge >= 0.3 is 0 Å². The fourth-order valence-corrected chi connectivity index (χ4v) is 5.39. The molecule has 1 unspecified atom stereocenters. The van der Waals surface area contributed by atoms with E-state index in [4.69, 9.17) is 0 Å². The highest BCUT2D eigenvalue weighted by Gasteiger charge is 2.19. The van der Waals surface area contributed by atoms with Crippen molar-refractivity contribution >= 4 is 43.0 Å². The van der Waals surface area contributed by atoms with Crippen LogP contribution in [0.4, 0.5) is 5.69 Å². The standard InChI is InChI=1S/C14H17BrN2O2S2/c1-9(16-3)11-4-6-12(7-5-11)17-21(18,19)13-8-14(15)20-10(13)2/h4-9,16-17H,1-3H3. The molecule has 0 aliphatic carbocycles. The van der Waals surface area contributed by atoms with Crippen molar-refractivity contribution in [3.8, 4) is 0 Å². The van der Waals surface area contributed by atoms with Crippen LogP contribution in [0.25, 0.3) is 0 Å². The first kappa shape index (κ1) is 16.5. The number of benzene rings is 1. The molecule has 0 fully saturated rings. The Morgan fingerprint density at radius 3 is 2.33 bits per heavy atom. The summed E-state index contributed by atoms with van der Waals surface area (Å²) in [7, 11) is -1.66. The van der Waals surface area contributed by atoms with Crippen molar-refractivity contribution in [2.24, 2.45) is 0 Å². The van der Waals surface area contributed by atoms with Crippen LogP contribution in [0.5, 0.6) is 0 Å². The number of halogens is 1. The fourth-order valence-electron chi connectivity index (χ4n) is 1.91. The third kappa shape index (κ3) is 3.85. The molecule has 0 aliphatic heterocycles. The van der Waals surface area contributed by atoms with Crippen molar-refractivity contribution in [1.29, 1.82) is 0 Å². The quantitative estimate of drug-likeness (QED) is 0.816. The second-order valence-corrected chi connectivity index (χ2v) is 9.00. The summed E-state index contributed by atoms with van der Waals surface area (Å²) in [5.74, 6) is 0. The SMILES string of the molecule is CNC(C)c1ccc(NS(=O)(=O)c2cc(Br)sc2C)cc1. The fraction of sp³-hybridized carbons (Fsp3) is 0.286. The zero-order chi connectivity index (χ0) is 15.6. The Bertz CT molecular complexity index is 724. The summed E-state index contributed by atoms with van der Waals surface area (Å²) in [6, 6.07) is 9.23. The number of nitrogens with one attached hydrogen (secondary N) is 2. The molecular weight excluding hydrogens is 372 g/mol. The molecule has 0 aliphatic rings. The lowest BCUT2D eigenvalue weighted by Crippen LogP contribution is -2.14. The summed E-state index contributed by atoms with van der Waals surface area (Å²) < 4.78 is 28.2. The third-order valence-corrected chi connectivity index (χ3v) is 6.42. The summed E-state index contributed by atoms with van der Waals surface area (Å²) in [4.78, 5) is 1.07. The first-order chi connectivity index (χ1) is 9.83. The number of hydrogen-bond acceptors (Lipinski definition) is 4. The monoisotopic (exact) mass is 388 g/mol. The minimum atomic E-state index is -3.55. The van der Waals surface area contributed by atoms with Crippen LogP contribution < -0.4 is 10.0 Å². The molecule has 2 N–H and O–H groups in total. The van der Waals surface area contributed by atoms with E-state index in [1.165, 1.54) is 11.3 Å². The maximum absolute atomic E-state index is 12.4. The summed E-state index contributed by atoms with van der Waals surface area (Å²) >= 11 is 4.72. The van der Waals surface area contributed by atoms with E-state index in [0.29, 0.717) is 10.6 Å². The zero-order valence-electron chi connectivity index (χ0n) is 12.0. The van der Waals surface area contributed by atoms with E-state index in [2.05, 4.69) is 26.0 Å². The van der Waals surface area contributed by atoms with Crippen LogP contribution in [0.1, 0.15) is 23.4 Å². The van der Waals surface area contributed by atoms with Crippen LogP contribution in [0, 0.1) is 6.92 Å². The van der Waals surface area contributed by atoms with Crippen LogP contribution in [0.2, 0.25) is 0 Å². The molecule has 1 atom stereocenters. The Morgan fingerprint density at radius 2 is 1.86 bits per heavy atom. The summed E-state index contributed by atoms with van der Waals surface area (Å²) in [5.41, 5.74) is 1.67. The number of thiophene rings is 1. The highest BCUT2D eigenvalue weighted by Crippen LogP contribution is 2.30. The number of anilines is 1. The van der Waals surface area contributed by atoms with Gasteiger partial charge in [0.1, 0.15) is 4.90 Å². The zero-order valence-corrected chi connectivity index (χ0v) is 15.2. The molecule has 21 heavy (non-hydrogen) atoms. The Balaban J connectivity index is 2.23. The lowest BCUT2D eigenvalue weighted by Gasteiger charge is -2.12. The van der Waals surface area contributed by atoms with Crippen molar-refractivity contribution in [2.75, 3.05) is 11.8 Å². The average molecular weight is 389 g/mol. The van der Waals surface area contributed by atoms with E-state index in [1.54, 1.807) is 25.1 Å². The van der Waals surface area contributed by atoms with E-state index in [-0.39, 0.29) is 6.04 Å². The van der Waals surface area contributed by atoms with Gasteiger partial charge in [-0.15, -0.1) is 11.3 Å². The highest BCUT2D eigenvalue weighted by molar-refractivity contribution is 9.11. The molecule has 4 nitrogen and oxygen atoms in total. The van der Waals surface area contributed by atoms with E-state index < -0.39 is 10.0 Å². The lowest BCUT2D eigenvalue weighted by atomic mass is 10.1. The van der Waals surface area contributed by atoms with E-state index in [1.807, 2.05) is 26.1 Å². The summed E-state index contributed by atoms with van der Waals surface area (Å²) in [6.45, 7) is 3.84. The van der Waals surface area contributed by atoms with Crippen LogP contribution in [0.3, 0.4) is 0 Å². The lowest BCUT2D eigenvalue weighted by molar-refractivity contribution is 0.601. The largest absolute Gasteiger partial charge is 0.313 e. The van der Waals surface area contributed by atoms with Gasteiger partial charge in [0.25, 0.3) is 10.0 Å². The third-order valence-electron chi connectivity index (χ3n) is 3.23. The van der Waals surface area contributed by atoms with Gasteiger partial charge in [-0.05, 0) is 60.6 Å². The van der Waals surface area contributed by atoms with Crippen LogP contribution in [0.15, 0.2) is 39.0 Å². The Morgan fingerprint density at radius 1 is 1.24 bits per heavy atom. The molecule has 0 radical (unpaired) electrons. The molecule has 0 spiro atoms. The first-order valence-electron chi connectivity index (χ1n) is 6.39. The molecule has 2 aromatic rings. The second kappa shape index (κ2) is 6.48. The van der Waals surface area contributed by atoms with Gasteiger partial charge in [0.2, 0.25) is 0 Å². The molecule has 7 heteroatoms. The number of hydrogen-bond donors (Lipinski definition) is 2. The maximum Gasteiger partial charge on any atom is 0.263 e. The van der Waals surface area contributed by atoms with Gasteiger partial charge in [-0.25, -0.2) is 8.42 Å². The molecule has 1 aromatic heterocycles. The van der Waals surface area contributed by atoms with Gasteiger partial charge in [0.15, 0.2) is 0 Å². The van der Waals surface area contributed by atoms with E-state index >= 15 is 0 Å². The maximum atomic E-state index is 12.4. The molecule has 2 rings (SSSR count). The van der Waals surface area contributed by atoms with Crippen molar-refractivity contribution < 1.29 is 8.42 Å². The molecule has 0 saturated carbocycles. The second-order valence-electron chi connectivity index (χ2n) is 4.71. The van der Waals surface area contributed by atoms with Gasteiger partial charge in [-0.2, -0.15) is 0 Å². The van der Waals surface area contributed by atoms with E-state index in [0.717, 1.165) is 14.2 Å². The summed E-state index contributed by atoms with van der Waals surface area (Å²) in [5, 5.41) is 3.14. The molecule has 114 valence electrons. The normalized spacial score (nSPS) is 13.1. The topological polar surface area (TPSA) is 58.2 Å². The average Bonchev–Trinajstić information content (AvgIpc) is 2.78. The van der Waals surface area contributed by atoms with Gasteiger partial charge < -0.3 is 5.32 Å². The first-order valence-corrected chi connectivity index (χ1v) is 9.48. The Kier molecular flexibility index (Phi) is 5.08. The van der Waals surface area contributed by atoms with Gasteiger partial charge in [-0.1, -0.05) is 12.1 Å². The van der Waals surface area contributed by atoms with Crippen molar-refractivity contribution in [3.63, 3.8) is 0 Å². The molecule has 1 heterocycles. The summed E-state index contributed by atoms with van der Waals surface area (Å²) in [6.07, 6.45) is 0. The van der Waals surface area contributed by atoms with Crippen LogP contribution in [-0.4, -0.2) is 15.5 Å². The molecule has 0 saturated heterocycles. The molecular formula is C14H17BrN2O2S2. The van der Waals surface area contributed by atoms with Crippen LogP contribution >= 0.6 is 27.3 Å². The minimum Gasteiger partial charge on any atom is -0.313 e. The molecule has 0 bridgehead atoms. The van der Waals surface area contributed by atoms with Crippen molar-refractivity contribution in [1.82, 2.24) is 5.32 Å². The molecule has 1 aromatic carbocycles. The van der Waals surface area contributed by atoms with Gasteiger partial charge in [0.05, 0.1) is 3.79 Å². The predicted molar refractivity (Wildman–Crippen MR) is 91.5 cm³/mol. The van der Waals surface area contributed by atoms with Crippen molar-refractivity contribution in [2.45, 2.75) is 24.8 Å². The van der Waals surface area contributed by atoms with Gasteiger partial charge in [0, 0.05) is 16.6 Å². The number of sulfonamides is 1.